The number of esters is 1. The zero-order chi connectivity index (χ0) is 25.4. The molecule has 2 N–H and O–H groups in total. The monoisotopic (exact) mass is 500 g/mol. The summed E-state index contributed by atoms with van der Waals surface area (Å²) in [7, 11) is 0. The molecule has 3 aromatic carbocycles. The maximum absolute atomic E-state index is 13.2. The van der Waals surface area contributed by atoms with Gasteiger partial charge in [-0.15, -0.1) is 11.3 Å². The lowest BCUT2D eigenvalue weighted by molar-refractivity contribution is -0.136. The molecule has 0 saturated carbocycles. The quantitative estimate of drug-likeness (QED) is 0.150. The van der Waals surface area contributed by atoms with Gasteiger partial charge in [0.15, 0.2) is 17.1 Å². The molecule has 0 fully saturated rings. The van der Waals surface area contributed by atoms with E-state index in [0.717, 1.165) is 0 Å². The molecule has 0 aliphatic carbocycles. The number of hydrazone groups is 1. The maximum Gasteiger partial charge on any atom is 0.353 e. The lowest BCUT2D eigenvalue weighted by atomic mass is 9.85. The molecule has 1 amide bonds. The molecule has 36 heavy (non-hydrogen) atoms. The van der Waals surface area contributed by atoms with Crippen molar-refractivity contribution in [3.8, 4) is 11.5 Å². The lowest BCUT2D eigenvalue weighted by Crippen LogP contribution is -2.43. The van der Waals surface area contributed by atoms with Crippen LogP contribution in [0.3, 0.4) is 0 Å². The van der Waals surface area contributed by atoms with Crippen LogP contribution >= 0.6 is 11.3 Å². The summed E-state index contributed by atoms with van der Waals surface area (Å²) in [6, 6.07) is 25.7. The second-order valence-electron chi connectivity index (χ2n) is 7.65. The number of hydrogen-bond acceptors (Lipinski definition) is 7. The standard InChI is InChI=1S/C28H24N2O5S/c1-2-34-24-18-20(15-16-23(24)35-26(31)25-14-9-17-36-25)19-29-30-27(32)28(33,21-10-5-3-6-11-21)22-12-7-4-8-13-22/h3-19,33H,2H2,1H3,(H,30,32). The molecule has 0 aliphatic heterocycles. The van der Waals surface area contributed by atoms with Crippen molar-refractivity contribution >= 4 is 29.4 Å². The molecule has 4 aromatic rings. The molecule has 0 aliphatic rings. The van der Waals surface area contributed by atoms with Crippen LogP contribution < -0.4 is 14.9 Å². The number of nitrogens with zero attached hydrogens (tertiary/aromatic N) is 1. The molecule has 0 bridgehead atoms. The second-order valence-corrected chi connectivity index (χ2v) is 8.60. The Morgan fingerprint density at radius 1 is 0.944 bits per heavy atom. The van der Waals surface area contributed by atoms with Gasteiger partial charge in [0.25, 0.3) is 5.91 Å². The normalized spacial score (nSPS) is 11.3. The van der Waals surface area contributed by atoms with Crippen molar-refractivity contribution in [3.05, 3.63) is 118 Å². The maximum atomic E-state index is 13.2. The molecule has 182 valence electrons. The van der Waals surface area contributed by atoms with Crippen LogP contribution in [-0.2, 0) is 10.4 Å². The third-order valence-corrected chi connectivity index (χ3v) is 6.13. The zero-order valence-electron chi connectivity index (χ0n) is 19.5. The molecule has 1 aromatic heterocycles. The fraction of sp³-hybridized carbons (Fsp3) is 0.107. The van der Waals surface area contributed by atoms with E-state index >= 15 is 0 Å². The number of aliphatic hydroxyl groups is 1. The summed E-state index contributed by atoms with van der Waals surface area (Å²) in [5.41, 5.74) is 1.93. The summed E-state index contributed by atoms with van der Waals surface area (Å²) in [6.45, 7) is 2.18. The Balaban J connectivity index is 1.53. The van der Waals surface area contributed by atoms with E-state index in [9.17, 15) is 14.7 Å². The molecule has 0 atom stereocenters. The van der Waals surface area contributed by atoms with Gasteiger partial charge in [-0.25, -0.2) is 10.2 Å². The van der Waals surface area contributed by atoms with E-state index < -0.39 is 17.5 Å². The molecule has 0 spiro atoms. The molecule has 0 unspecified atom stereocenters. The van der Waals surface area contributed by atoms with Gasteiger partial charge in [0, 0.05) is 0 Å². The van der Waals surface area contributed by atoms with Crippen LogP contribution in [-0.4, -0.2) is 29.8 Å². The van der Waals surface area contributed by atoms with E-state index in [1.807, 2.05) is 19.1 Å². The molecule has 7 nitrogen and oxygen atoms in total. The van der Waals surface area contributed by atoms with Crippen LogP contribution in [0.4, 0.5) is 0 Å². The van der Waals surface area contributed by atoms with Gasteiger partial charge in [-0.1, -0.05) is 66.7 Å². The van der Waals surface area contributed by atoms with Crippen molar-refractivity contribution in [2.75, 3.05) is 6.61 Å². The van der Waals surface area contributed by atoms with E-state index in [0.29, 0.717) is 33.9 Å². The molecule has 4 rings (SSSR count). The van der Waals surface area contributed by atoms with Crippen LogP contribution in [0.2, 0.25) is 0 Å². The average molecular weight is 501 g/mol. The van der Waals surface area contributed by atoms with E-state index in [1.165, 1.54) is 17.6 Å². The summed E-state index contributed by atoms with van der Waals surface area (Å²) in [5, 5.41) is 17.3. The Labute approximate surface area is 212 Å². The highest BCUT2D eigenvalue weighted by molar-refractivity contribution is 7.12. The number of rotatable bonds is 9. The minimum Gasteiger partial charge on any atom is -0.490 e. The smallest absolute Gasteiger partial charge is 0.353 e. The Morgan fingerprint density at radius 2 is 1.61 bits per heavy atom. The molecular formula is C28H24N2O5S. The molecule has 0 radical (unpaired) electrons. The minimum atomic E-state index is -1.93. The summed E-state index contributed by atoms with van der Waals surface area (Å²) < 4.78 is 11.1. The van der Waals surface area contributed by atoms with Crippen molar-refractivity contribution in [1.29, 1.82) is 0 Å². The molecular weight excluding hydrogens is 476 g/mol. The van der Waals surface area contributed by atoms with Gasteiger partial charge in [-0.3, -0.25) is 4.79 Å². The summed E-state index contributed by atoms with van der Waals surface area (Å²) in [6.07, 6.45) is 1.42. The number of hydrogen-bond donors (Lipinski definition) is 2. The molecule has 8 heteroatoms. The first-order chi connectivity index (χ1) is 17.5. The largest absolute Gasteiger partial charge is 0.490 e. The number of carbonyl (C=O) groups excluding carboxylic acids is 2. The third kappa shape index (κ3) is 5.51. The average Bonchev–Trinajstić information content (AvgIpc) is 3.46. The van der Waals surface area contributed by atoms with Crippen molar-refractivity contribution in [1.82, 2.24) is 5.43 Å². The van der Waals surface area contributed by atoms with Crippen molar-refractivity contribution < 1.29 is 24.2 Å². The zero-order valence-corrected chi connectivity index (χ0v) is 20.3. The van der Waals surface area contributed by atoms with Crippen molar-refractivity contribution in [3.63, 3.8) is 0 Å². The predicted octanol–water partition coefficient (Wildman–Crippen LogP) is 4.75. The van der Waals surface area contributed by atoms with Crippen LogP contribution in [0.25, 0.3) is 0 Å². The number of thiophene rings is 1. The highest BCUT2D eigenvalue weighted by Gasteiger charge is 2.39. The van der Waals surface area contributed by atoms with E-state index in [4.69, 9.17) is 9.47 Å². The minimum absolute atomic E-state index is 0.277. The number of amides is 1. The summed E-state index contributed by atoms with van der Waals surface area (Å²) in [4.78, 5) is 26.0. The SMILES string of the molecule is CCOc1cc(C=NNC(=O)C(O)(c2ccccc2)c2ccccc2)ccc1OC(=O)c1cccs1. The van der Waals surface area contributed by atoms with Gasteiger partial charge < -0.3 is 14.6 Å². The Morgan fingerprint density at radius 3 is 2.19 bits per heavy atom. The fourth-order valence-electron chi connectivity index (χ4n) is 3.54. The van der Waals surface area contributed by atoms with Crippen LogP contribution in [0.1, 0.15) is 33.3 Å². The van der Waals surface area contributed by atoms with Gasteiger partial charge in [-0.05, 0) is 53.3 Å². The number of ether oxygens (including phenoxy) is 2. The van der Waals surface area contributed by atoms with Crippen LogP contribution in [0, 0.1) is 0 Å². The van der Waals surface area contributed by atoms with Gasteiger partial charge in [-0.2, -0.15) is 5.10 Å². The lowest BCUT2D eigenvalue weighted by Gasteiger charge is -2.27. The highest BCUT2D eigenvalue weighted by Crippen LogP contribution is 2.31. The fourth-order valence-corrected chi connectivity index (χ4v) is 4.14. The summed E-state index contributed by atoms with van der Waals surface area (Å²) in [5.74, 6) is -0.537. The second kappa shape index (κ2) is 11.4. The highest BCUT2D eigenvalue weighted by atomic mass is 32.1. The molecule has 0 saturated heterocycles. The van der Waals surface area contributed by atoms with Crippen molar-refractivity contribution in [2.45, 2.75) is 12.5 Å². The first-order valence-corrected chi connectivity index (χ1v) is 12.1. The van der Waals surface area contributed by atoms with Gasteiger partial charge >= 0.3 is 5.97 Å². The summed E-state index contributed by atoms with van der Waals surface area (Å²) >= 11 is 1.29. The topological polar surface area (TPSA) is 97.2 Å². The van der Waals surface area contributed by atoms with Gasteiger partial charge in [0.2, 0.25) is 0 Å². The van der Waals surface area contributed by atoms with E-state index in [-0.39, 0.29) is 5.75 Å². The molecule has 1 heterocycles. The Kier molecular flexibility index (Phi) is 7.89. The Hall–Kier alpha value is -4.27. The number of benzene rings is 3. The van der Waals surface area contributed by atoms with Gasteiger partial charge in [0.05, 0.1) is 12.8 Å². The third-order valence-electron chi connectivity index (χ3n) is 5.28. The van der Waals surface area contributed by atoms with E-state index in [1.54, 1.807) is 84.2 Å². The van der Waals surface area contributed by atoms with Crippen molar-refractivity contribution in [2.24, 2.45) is 5.10 Å². The van der Waals surface area contributed by atoms with Crippen LogP contribution in [0.15, 0.2) is 101 Å². The number of carbonyl (C=O) groups is 2. The Bertz CT molecular complexity index is 1300. The predicted molar refractivity (Wildman–Crippen MR) is 139 cm³/mol. The van der Waals surface area contributed by atoms with Gasteiger partial charge in [0.1, 0.15) is 4.88 Å². The first-order valence-electron chi connectivity index (χ1n) is 11.2. The van der Waals surface area contributed by atoms with E-state index in [2.05, 4.69) is 10.5 Å². The van der Waals surface area contributed by atoms with Crippen LogP contribution in [0.5, 0.6) is 11.5 Å². The number of nitrogens with one attached hydrogen (secondary N) is 1. The first kappa shape index (κ1) is 24.8.